The van der Waals surface area contributed by atoms with Crippen molar-refractivity contribution in [3.05, 3.63) is 42.8 Å². The molecule has 1 aromatic carbocycles. The number of nitrogens with one attached hydrogen (secondary N) is 1. The number of benzene rings is 1. The predicted octanol–water partition coefficient (Wildman–Crippen LogP) is 1.96. The Bertz CT molecular complexity index is 269. The van der Waals surface area contributed by atoms with Gasteiger partial charge in [-0.1, -0.05) is 30.3 Å². The minimum Gasteiger partial charge on any atom is -0.356 e. The van der Waals surface area contributed by atoms with Crippen molar-refractivity contribution in [2.45, 2.75) is 19.3 Å². The molecule has 1 N–H and O–H groups in total. The SMILES string of the molecule is [CH2]CNC(=O)CCCc1ccccc1. The maximum atomic E-state index is 11.1. The fourth-order valence-corrected chi connectivity index (χ4v) is 1.33. The maximum absolute atomic E-state index is 11.1. The molecule has 0 aliphatic heterocycles. The Balaban J connectivity index is 2.19. The van der Waals surface area contributed by atoms with E-state index in [9.17, 15) is 4.79 Å². The molecule has 0 atom stereocenters. The summed E-state index contributed by atoms with van der Waals surface area (Å²) in [6.07, 6.45) is 2.45. The lowest BCUT2D eigenvalue weighted by Crippen LogP contribution is -2.22. The molecule has 1 amide bonds. The summed E-state index contributed by atoms with van der Waals surface area (Å²) >= 11 is 0. The molecule has 0 heterocycles. The van der Waals surface area contributed by atoms with Crippen LogP contribution in [0.2, 0.25) is 0 Å². The van der Waals surface area contributed by atoms with Crippen molar-refractivity contribution in [1.82, 2.24) is 5.32 Å². The molecule has 0 bridgehead atoms. The summed E-state index contributed by atoms with van der Waals surface area (Å²) in [5.74, 6) is 0.0935. The predicted molar refractivity (Wildman–Crippen MR) is 57.7 cm³/mol. The lowest BCUT2D eigenvalue weighted by Gasteiger charge is -2.02. The van der Waals surface area contributed by atoms with E-state index in [0.29, 0.717) is 13.0 Å². The molecule has 1 radical (unpaired) electrons. The van der Waals surface area contributed by atoms with E-state index in [4.69, 9.17) is 0 Å². The van der Waals surface area contributed by atoms with E-state index in [-0.39, 0.29) is 5.91 Å². The third-order valence-corrected chi connectivity index (χ3v) is 2.03. The zero-order valence-corrected chi connectivity index (χ0v) is 8.33. The van der Waals surface area contributed by atoms with Gasteiger partial charge in [0, 0.05) is 13.0 Å². The van der Waals surface area contributed by atoms with Crippen LogP contribution in [-0.2, 0) is 11.2 Å². The number of aryl methyl sites for hydroxylation is 1. The summed E-state index contributed by atoms with van der Waals surface area (Å²) in [4.78, 5) is 11.1. The van der Waals surface area contributed by atoms with Crippen LogP contribution in [0.5, 0.6) is 0 Å². The van der Waals surface area contributed by atoms with Crippen LogP contribution in [0.4, 0.5) is 0 Å². The Kier molecular flexibility index (Phi) is 4.76. The van der Waals surface area contributed by atoms with Gasteiger partial charge in [0.25, 0.3) is 0 Å². The van der Waals surface area contributed by atoms with E-state index in [0.717, 1.165) is 12.8 Å². The smallest absolute Gasteiger partial charge is 0.220 e. The average molecular weight is 190 g/mol. The van der Waals surface area contributed by atoms with Gasteiger partial charge in [0.1, 0.15) is 0 Å². The largest absolute Gasteiger partial charge is 0.356 e. The minimum absolute atomic E-state index is 0.0935. The number of amides is 1. The highest BCUT2D eigenvalue weighted by Crippen LogP contribution is 2.03. The van der Waals surface area contributed by atoms with E-state index >= 15 is 0 Å². The summed E-state index contributed by atoms with van der Waals surface area (Å²) in [7, 11) is 0. The van der Waals surface area contributed by atoms with Gasteiger partial charge in [-0.2, -0.15) is 0 Å². The Morgan fingerprint density at radius 1 is 1.29 bits per heavy atom. The molecule has 75 valence electrons. The van der Waals surface area contributed by atoms with Gasteiger partial charge >= 0.3 is 0 Å². The lowest BCUT2D eigenvalue weighted by molar-refractivity contribution is -0.120. The van der Waals surface area contributed by atoms with Gasteiger partial charge in [-0.25, -0.2) is 0 Å². The second kappa shape index (κ2) is 6.19. The van der Waals surface area contributed by atoms with Gasteiger partial charge in [0.2, 0.25) is 5.91 Å². The monoisotopic (exact) mass is 190 g/mol. The molecule has 0 aliphatic carbocycles. The van der Waals surface area contributed by atoms with Crippen LogP contribution in [0.3, 0.4) is 0 Å². The van der Waals surface area contributed by atoms with Gasteiger partial charge < -0.3 is 5.32 Å². The van der Waals surface area contributed by atoms with Crippen LogP contribution >= 0.6 is 0 Å². The molecular weight excluding hydrogens is 174 g/mol. The van der Waals surface area contributed by atoms with E-state index in [1.54, 1.807) is 0 Å². The molecule has 0 saturated carbocycles. The molecule has 1 rings (SSSR count). The fourth-order valence-electron chi connectivity index (χ4n) is 1.33. The van der Waals surface area contributed by atoms with Crippen molar-refractivity contribution >= 4 is 5.91 Å². The molecule has 0 spiro atoms. The number of hydrogen-bond donors (Lipinski definition) is 1. The molecular formula is C12H16NO. The number of carbonyl (C=O) groups excluding carboxylic acids is 1. The molecule has 2 heteroatoms. The maximum Gasteiger partial charge on any atom is 0.220 e. The Morgan fingerprint density at radius 3 is 2.64 bits per heavy atom. The topological polar surface area (TPSA) is 29.1 Å². The Morgan fingerprint density at radius 2 is 2.00 bits per heavy atom. The first-order chi connectivity index (χ1) is 6.83. The zero-order chi connectivity index (χ0) is 10.2. The summed E-state index contributed by atoms with van der Waals surface area (Å²) in [6.45, 7) is 4.04. The number of carbonyl (C=O) groups is 1. The third kappa shape index (κ3) is 4.08. The summed E-state index contributed by atoms with van der Waals surface area (Å²) in [5.41, 5.74) is 1.29. The van der Waals surface area contributed by atoms with Crippen LogP contribution in [0.1, 0.15) is 18.4 Å². The van der Waals surface area contributed by atoms with Crippen molar-refractivity contribution in [1.29, 1.82) is 0 Å². The first-order valence-corrected chi connectivity index (χ1v) is 4.93. The summed E-state index contributed by atoms with van der Waals surface area (Å²) in [5, 5.41) is 2.68. The molecule has 0 aliphatic rings. The van der Waals surface area contributed by atoms with E-state index < -0.39 is 0 Å². The first-order valence-electron chi connectivity index (χ1n) is 4.93. The van der Waals surface area contributed by atoms with Crippen LogP contribution in [-0.4, -0.2) is 12.5 Å². The normalized spacial score (nSPS) is 9.79. The Hall–Kier alpha value is -1.31. The zero-order valence-electron chi connectivity index (χ0n) is 8.33. The van der Waals surface area contributed by atoms with Gasteiger partial charge in [0.05, 0.1) is 0 Å². The second-order valence-corrected chi connectivity index (χ2v) is 3.19. The van der Waals surface area contributed by atoms with Crippen LogP contribution in [0, 0.1) is 6.92 Å². The third-order valence-electron chi connectivity index (χ3n) is 2.03. The van der Waals surface area contributed by atoms with E-state index in [1.165, 1.54) is 5.56 Å². The van der Waals surface area contributed by atoms with Crippen molar-refractivity contribution in [2.24, 2.45) is 0 Å². The average Bonchev–Trinajstić information content (AvgIpc) is 2.20. The molecule has 0 fully saturated rings. The molecule has 14 heavy (non-hydrogen) atoms. The van der Waals surface area contributed by atoms with E-state index in [1.807, 2.05) is 18.2 Å². The number of hydrogen-bond acceptors (Lipinski definition) is 1. The fraction of sp³-hybridized carbons (Fsp3) is 0.333. The van der Waals surface area contributed by atoms with Crippen molar-refractivity contribution in [2.75, 3.05) is 6.54 Å². The quantitative estimate of drug-likeness (QED) is 0.755. The van der Waals surface area contributed by atoms with Gasteiger partial charge in [-0.3, -0.25) is 4.79 Å². The van der Waals surface area contributed by atoms with Gasteiger partial charge in [-0.05, 0) is 25.3 Å². The van der Waals surface area contributed by atoms with Crippen molar-refractivity contribution in [3.8, 4) is 0 Å². The molecule has 0 unspecified atom stereocenters. The molecule has 1 aromatic rings. The van der Waals surface area contributed by atoms with Crippen LogP contribution < -0.4 is 5.32 Å². The highest BCUT2D eigenvalue weighted by atomic mass is 16.1. The van der Waals surface area contributed by atoms with Crippen LogP contribution in [0.15, 0.2) is 30.3 Å². The van der Waals surface area contributed by atoms with Crippen molar-refractivity contribution < 1.29 is 4.79 Å². The van der Waals surface area contributed by atoms with E-state index in [2.05, 4.69) is 24.4 Å². The minimum atomic E-state index is 0.0935. The Labute approximate surface area is 85.3 Å². The van der Waals surface area contributed by atoms with Gasteiger partial charge in [-0.15, -0.1) is 0 Å². The van der Waals surface area contributed by atoms with Crippen molar-refractivity contribution in [3.63, 3.8) is 0 Å². The lowest BCUT2D eigenvalue weighted by atomic mass is 10.1. The van der Waals surface area contributed by atoms with Crippen LogP contribution in [0.25, 0.3) is 0 Å². The standard InChI is InChI=1S/C12H16NO/c1-2-13-12(14)10-6-9-11-7-4-3-5-8-11/h3-5,7-8H,1-2,6,9-10H2,(H,13,14). The highest BCUT2D eigenvalue weighted by molar-refractivity contribution is 5.75. The summed E-state index contributed by atoms with van der Waals surface area (Å²) < 4.78 is 0. The number of rotatable bonds is 5. The first kappa shape index (κ1) is 10.8. The molecule has 0 saturated heterocycles. The summed E-state index contributed by atoms with van der Waals surface area (Å²) in [6, 6.07) is 10.2. The molecule has 0 aromatic heterocycles. The molecule has 2 nitrogen and oxygen atoms in total. The second-order valence-electron chi connectivity index (χ2n) is 3.19. The highest BCUT2D eigenvalue weighted by Gasteiger charge is 1.98. The van der Waals surface area contributed by atoms with Gasteiger partial charge in [0.15, 0.2) is 0 Å².